The smallest absolute Gasteiger partial charge is 0.254 e. The summed E-state index contributed by atoms with van der Waals surface area (Å²) >= 11 is 1.52. The maximum atomic E-state index is 12.1. The summed E-state index contributed by atoms with van der Waals surface area (Å²) < 4.78 is 10.6. The van der Waals surface area contributed by atoms with Crippen LogP contribution >= 0.6 is 11.3 Å². The fourth-order valence-electron chi connectivity index (χ4n) is 1.99. The van der Waals surface area contributed by atoms with Crippen molar-refractivity contribution in [3.63, 3.8) is 0 Å². The average Bonchev–Trinajstić information content (AvgIpc) is 3.08. The summed E-state index contributed by atoms with van der Waals surface area (Å²) in [6.45, 7) is 0.813. The zero-order chi connectivity index (χ0) is 13.2. The van der Waals surface area contributed by atoms with Gasteiger partial charge in [-0.1, -0.05) is 6.07 Å². The van der Waals surface area contributed by atoms with E-state index in [-0.39, 0.29) is 12.7 Å². The lowest BCUT2D eigenvalue weighted by atomic mass is 10.2. The molecule has 0 atom stereocenters. The SMILES string of the molecule is CN(Cc1ccc2c(c1)OCO2)C(=O)c1ccsc1. The summed E-state index contributed by atoms with van der Waals surface area (Å²) in [5.74, 6) is 1.53. The molecule has 1 aliphatic rings. The van der Waals surface area contributed by atoms with Gasteiger partial charge in [0.05, 0.1) is 5.56 Å². The zero-order valence-electron chi connectivity index (χ0n) is 10.5. The molecule has 2 heterocycles. The number of hydrogen-bond acceptors (Lipinski definition) is 4. The van der Waals surface area contributed by atoms with Crippen molar-refractivity contribution < 1.29 is 14.3 Å². The van der Waals surface area contributed by atoms with Gasteiger partial charge in [0.15, 0.2) is 11.5 Å². The lowest BCUT2D eigenvalue weighted by Crippen LogP contribution is -2.25. The molecule has 19 heavy (non-hydrogen) atoms. The molecule has 1 aromatic heterocycles. The van der Waals surface area contributed by atoms with Gasteiger partial charge in [0.2, 0.25) is 6.79 Å². The first-order chi connectivity index (χ1) is 9.24. The number of benzene rings is 1. The van der Waals surface area contributed by atoms with E-state index in [0.717, 1.165) is 22.6 Å². The van der Waals surface area contributed by atoms with Gasteiger partial charge in [-0.3, -0.25) is 4.79 Å². The number of rotatable bonds is 3. The van der Waals surface area contributed by atoms with E-state index in [0.29, 0.717) is 6.54 Å². The quantitative estimate of drug-likeness (QED) is 0.864. The van der Waals surface area contributed by atoms with Crippen LogP contribution in [0, 0.1) is 0 Å². The van der Waals surface area contributed by atoms with Gasteiger partial charge in [0.1, 0.15) is 0 Å². The van der Waals surface area contributed by atoms with Crippen LogP contribution in [0.5, 0.6) is 11.5 Å². The average molecular weight is 275 g/mol. The molecular formula is C14H13NO3S. The Labute approximate surface area is 115 Å². The molecule has 0 unspecified atom stereocenters. The van der Waals surface area contributed by atoms with Crippen molar-refractivity contribution in [3.05, 3.63) is 46.2 Å². The minimum absolute atomic E-state index is 0.0268. The van der Waals surface area contributed by atoms with E-state index in [1.807, 2.05) is 35.0 Å². The summed E-state index contributed by atoms with van der Waals surface area (Å²) in [6.07, 6.45) is 0. The van der Waals surface area contributed by atoms with Crippen molar-refractivity contribution in [2.24, 2.45) is 0 Å². The Morgan fingerprint density at radius 1 is 1.32 bits per heavy atom. The topological polar surface area (TPSA) is 38.8 Å². The number of fused-ring (bicyclic) bond motifs is 1. The predicted octanol–water partition coefficient (Wildman–Crippen LogP) is 2.75. The monoisotopic (exact) mass is 275 g/mol. The molecule has 0 saturated carbocycles. The second kappa shape index (κ2) is 4.93. The largest absolute Gasteiger partial charge is 0.454 e. The van der Waals surface area contributed by atoms with Crippen molar-refractivity contribution in [2.45, 2.75) is 6.54 Å². The molecule has 1 aliphatic heterocycles. The zero-order valence-corrected chi connectivity index (χ0v) is 11.3. The first-order valence-electron chi connectivity index (χ1n) is 5.90. The van der Waals surface area contributed by atoms with Gasteiger partial charge >= 0.3 is 0 Å². The maximum absolute atomic E-state index is 12.1. The Balaban J connectivity index is 1.73. The minimum Gasteiger partial charge on any atom is -0.454 e. The van der Waals surface area contributed by atoms with Crippen molar-refractivity contribution in [2.75, 3.05) is 13.8 Å². The Morgan fingerprint density at radius 3 is 2.95 bits per heavy atom. The minimum atomic E-state index is 0.0268. The molecular weight excluding hydrogens is 262 g/mol. The highest BCUT2D eigenvalue weighted by molar-refractivity contribution is 7.08. The Morgan fingerprint density at radius 2 is 2.16 bits per heavy atom. The molecule has 1 aromatic carbocycles. The highest BCUT2D eigenvalue weighted by Gasteiger charge is 2.16. The van der Waals surface area contributed by atoms with Crippen LogP contribution in [0.15, 0.2) is 35.0 Å². The van der Waals surface area contributed by atoms with Gasteiger partial charge in [0, 0.05) is 19.0 Å². The third-order valence-corrected chi connectivity index (χ3v) is 3.65. The molecule has 98 valence electrons. The van der Waals surface area contributed by atoms with Crippen LogP contribution < -0.4 is 9.47 Å². The molecule has 5 heteroatoms. The lowest BCUT2D eigenvalue weighted by molar-refractivity contribution is 0.0785. The molecule has 3 rings (SSSR count). The molecule has 0 fully saturated rings. The van der Waals surface area contributed by atoms with Gasteiger partial charge in [-0.2, -0.15) is 11.3 Å². The van der Waals surface area contributed by atoms with Gasteiger partial charge in [-0.15, -0.1) is 0 Å². The number of ether oxygens (including phenoxy) is 2. The van der Waals surface area contributed by atoms with E-state index in [9.17, 15) is 4.79 Å². The van der Waals surface area contributed by atoms with Crippen LogP contribution in [-0.2, 0) is 6.54 Å². The van der Waals surface area contributed by atoms with E-state index in [1.165, 1.54) is 11.3 Å². The van der Waals surface area contributed by atoms with Crippen LogP contribution in [0.3, 0.4) is 0 Å². The summed E-state index contributed by atoms with van der Waals surface area (Å²) in [6, 6.07) is 7.58. The van der Waals surface area contributed by atoms with E-state index < -0.39 is 0 Å². The molecule has 2 aromatic rings. The Hall–Kier alpha value is -2.01. The fraction of sp³-hybridized carbons (Fsp3) is 0.214. The van der Waals surface area contributed by atoms with E-state index in [2.05, 4.69) is 0 Å². The van der Waals surface area contributed by atoms with Gasteiger partial charge in [0.25, 0.3) is 5.91 Å². The van der Waals surface area contributed by atoms with Crippen molar-refractivity contribution in [1.82, 2.24) is 4.90 Å². The van der Waals surface area contributed by atoms with Gasteiger partial charge in [-0.05, 0) is 29.1 Å². The van der Waals surface area contributed by atoms with Crippen molar-refractivity contribution in [1.29, 1.82) is 0 Å². The summed E-state index contributed by atoms with van der Waals surface area (Å²) in [4.78, 5) is 13.8. The third-order valence-electron chi connectivity index (χ3n) is 2.97. The second-order valence-corrected chi connectivity index (χ2v) is 5.14. The molecule has 0 bridgehead atoms. The van der Waals surface area contributed by atoms with E-state index in [4.69, 9.17) is 9.47 Å². The Kier molecular flexibility index (Phi) is 3.13. The number of nitrogens with zero attached hydrogens (tertiary/aromatic N) is 1. The molecule has 0 aliphatic carbocycles. The fourth-order valence-corrected chi connectivity index (χ4v) is 2.62. The highest BCUT2D eigenvalue weighted by Crippen LogP contribution is 2.32. The Bertz CT molecular complexity index is 595. The van der Waals surface area contributed by atoms with Crippen LogP contribution in [0.25, 0.3) is 0 Å². The summed E-state index contributed by atoms with van der Waals surface area (Å²) in [5, 5.41) is 3.76. The maximum Gasteiger partial charge on any atom is 0.254 e. The van der Waals surface area contributed by atoms with Crippen LogP contribution in [0.2, 0.25) is 0 Å². The van der Waals surface area contributed by atoms with E-state index in [1.54, 1.807) is 11.9 Å². The van der Waals surface area contributed by atoms with Crippen LogP contribution in [0.1, 0.15) is 15.9 Å². The number of amides is 1. The van der Waals surface area contributed by atoms with Crippen LogP contribution in [0.4, 0.5) is 0 Å². The number of carbonyl (C=O) groups is 1. The van der Waals surface area contributed by atoms with E-state index >= 15 is 0 Å². The number of hydrogen-bond donors (Lipinski definition) is 0. The first-order valence-corrected chi connectivity index (χ1v) is 6.84. The normalized spacial score (nSPS) is 12.5. The number of carbonyl (C=O) groups excluding carboxylic acids is 1. The molecule has 0 N–H and O–H groups in total. The second-order valence-electron chi connectivity index (χ2n) is 4.36. The van der Waals surface area contributed by atoms with Gasteiger partial charge in [-0.25, -0.2) is 0 Å². The third kappa shape index (κ3) is 2.42. The van der Waals surface area contributed by atoms with Gasteiger partial charge < -0.3 is 14.4 Å². The first kappa shape index (κ1) is 12.0. The van der Waals surface area contributed by atoms with Crippen molar-refractivity contribution in [3.8, 4) is 11.5 Å². The predicted molar refractivity (Wildman–Crippen MR) is 72.7 cm³/mol. The molecule has 0 radical (unpaired) electrons. The molecule has 0 saturated heterocycles. The lowest BCUT2D eigenvalue weighted by Gasteiger charge is -2.16. The summed E-state index contributed by atoms with van der Waals surface area (Å²) in [5.41, 5.74) is 1.75. The summed E-state index contributed by atoms with van der Waals surface area (Å²) in [7, 11) is 1.80. The molecule has 0 spiro atoms. The number of thiophene rings is 1. The van der Waals surface area contributed by atoms with Crippen molar-refractivity contribution >= 4 is 17.2 Å². The highest BCUT2D eigenvalue weighted by atomic mass is 32.1. The molecule has 4 nitrogen and oxygen atoms in total. The molecule has 1 amide bonds. The standard InChI is InChI=1S/C14H13NO3S/c1-15(14(16)11-4-5-19-8-11)7-10-2-3-12-13(6-10)18-9-17-12/h2-6,8H,7,9H2,1H3. The van der Waals surface area contributed by atoms with Crippen LogP contribution in [-0.4, -0.2) is 24.6 Å².